The van der Waals surface area contributed by atoms with Crippen LogP contribution in [0.4, 0.5) is 0 Å². The average molecular weight is 194 g/mol. The van der Waals surface area contributed by atoms with Crippen molar-refractivity contribution in [2.75, 3.05) is 13.1 Å². The summed E-state index contributed by atoms with van der Waals surface area (Å²) in [5.41, 5.74) is 2.90. The Morgan fingerprint density at radius 3 is 2.92 bits per heavy atom. The maximum absolute atomic E-state index is 4.41. The molecule has 1 aromatic heterocycles. The minimum Gasteiger partial charge on any atom is -0.312 e. The fraction of sp³-hybridized carbons (Fsp3) is 0.500. The van der Waals surface area contributed by atoms with E-state index in [2.05, 4.69) is 24.1 Å². The number of aromatic nitrogens is 1. The first kappa shape index (κ1) is 8.91. The molecule has 1 N–H and O–H groups in total. The summed E-state index contributed by atoms with van der Waals surface area (Å²) in [6, 6.07) is 0. The van der Waals surface area contributed by atoms with Gasteiger partial charge in [-0.3, -0.25) is 0 Å². The van der Waals surface area contributed by atoms with E-state index in [-0.39, 0.29) is 0 Å². The van der Waals surface area contributed by atoms with Gasteiger partial charge in [-0.25, -0.2) is 4.98 Å². The summed E-state index contributed by atoms with van der Waals surface area (Å²) in [6.07, 6.45) is 3.11. The van der Waals surface area contributed by atoms with Crippen LogP contribution in [0.2, 0.25) is 0 Å². The number of hydrogen-bond donors (Lipinski definition) is 1. The number of thiazole rings is 1. The Balaban J connectivity index is 2.34. The molecule has 0 aromatic carbocycles. The van der Waals surface area contributed by atoms with Crippen LogP contribution in [-0.2, 0) is 0 Å². The maximum Gasteiger partial charge on any atom is 0.120 e. The van der Waals surface area contributed by atoms with Gasteiger partial charge < -0.3 is 5.32 Å². The fourth-order valence-electron chi connectivity index (χ4n) is 1.54. The number of nitrogens with one attached hydrogen (secondary N) is 1. The van der Waals surface area contributed by atoms with Crippen LogP contribution in [0.25, 0.3) is 5.57 Å². The normalized spacial score (nSPS) is 18.0. The molecular formula is C10H14N2S. The highest BCUT2D eigenvalue weighted by molar-refractivity contribution is 7.12. The lowest BCUT2D eigenvalue weighted by Crippen LogP contribution is -2.23. The third-order valence-corrected chi connectivity index (χ3v) is 3.35. The predicted molar refractivity (Wildman–Crippen MR) is 56.9 cm³/mol. The Labute approximate surface area is 82.7 Å². The molecule has 0 atom stereocenters. The van der Waals surface area contributed by atoms with Crippen LogP contribution >= 0.6 is 11.3 Å². The molecular weight excluding hydrogens is 180 g/mol. The molecule has 1 aliphatic heterocycles. The van der Waals surface area contributed by atoms with Crippen LogP contribution in [-0.4, -0.2) is 18.1 Å². The minimum absolute atomic E-state index is 0.985. The molecule has 0 bridgehead atoms. The highest BCUT2D eigenvalue weighted by Crippen LogP contribution is 2.25. The Bertz CT molecular complexity index is 338. The maximum atomic E-state index is 4.41. The monoisotopic (exact) mass is 194 g/mol. The van der Waals surface area contributed by atoms with Crippen LogP contribution < -0.4 is 5.32 Å². The molecule has 3 heteroatoms. The van der Waals surface area contributed by atoms with Crippen LogP contribution in [0, 0.1) is 6.92 Å². The van der Waals surface area contributed by atoms with E-state index in [1.165, 1.54) is 21.0 Å². The molecule has 1 aliphatic rings. The van der Waals surface area contributed by atoms with Crippen molar-refractivity contribution in [2.45, 2.75) is 20.3 Å². The van der Waals surface area contributed by atoms with E-state index in [9.17, 15) is 0 Å². The molecule has 0 unspecified atom stereocenters. The third-order valence-electron chi connectivity index (χ3n) is 2.37. The summed E-state index contributed by atoms with van der Waals surface area (Å²) in [4.78, 5) is 5.70. The van der Waals surface area contributed by atoms with Gasteiger partial charge in [-0.1, -0.05) is 5.57 Å². The second-order valence-corrected chi connectivity index (χ2v) is 4.70. The molecule has 70 valence electrons. The summed E-state index contributed by atoms with van der Waals surface area (Å²) < 4.78 is 0. The standard InChI is InChI=1S/C10H14N2S/c1-7-3-4-11-6-9(7)10-12-5-8(2)13-10/h5,11H,3-4,6H2,1-2H3. The Morgan fingerprint density at radius 1 is 1.46 bits per heavy atom. The number of hydrogen-bond acceptors (Lipinski definition) is 3. The highest BCUT2D eigenvalue weighted by Gasteiger charge is 2.12. The largest absolute Gasteiger partial charge is 0.312 e. The quantitative estimate of drug-likeness (QED) is 0.741. The summed E-state index contributed by atoms with van der Waals surface area (Å²) in [7, 11) is 0. The van der Waals surface area contributed by atoms with Crippen molar-refractivity contribution in [1.82, 2.24) is 10.3 Å². The van der Waals surface area contributed by atoms with Gasteiger partial charge >= 0.3 is 0 Å². The number of nitrogens with zero attached hydrogens (tertiary/aromatic N) is 1. The lowest BCUT2D eigenvalue weighted by Gasteiger charge is -2.16. The predicted octanol–water partition coefficient (Wildman–Crippen LogP) is 2.22. The Kier molecular flexibility index (Phi) is 2.47. The van der Waals surface area contributed by atoms with Gasteiger partial charge in [0.2, 0.25) is 0 Å². The van der Waals surface area contributed by atoms with Gasteiger partial charge in [0, 0.05) is 23.2 Å². The van der Waals surface area contributed by atoms with Gasteiger partial charge in [-0.2, -0.15) is 0 Å². The first-order valence-electron chi connectivity index (χ1n) is 4.59. The molecule has 0 saturated heterocycles. The topological polar surface area (TPSA) is 24.9 Å². The first-order chi connectivity index (χ1) is 6.27. The van der Waals surface area contributed by atoms with Gasteiger partial charge in [0.1, 0.15) is 5.01 Å². The van der Waals surface area contributed by atoms with E-state index in [1.807, 2.05) is 6.20 Å². The zero-order valence-electron chi connectivity index (χ0n) is 8.05. The van der Waals surface area contributed by atoms with Gasteiger partial charge in [0.25, 0.3) is 0 Å². The van der Waals surface area contributed by atoms with Gasteiger partial charge in [-0.15, -0.1) is 11.3 Å². The lowest BCUT2D eigenvalue weighted by atomic mass is 10.0. The van der Waals surface area contributed by atoms with Gasteiger partial charge in [0.05, 0.1) is 0 Å². The first-order valence-corrected chi connectivity index (χ1v) is 5.41. The molecule has 0 radical (unpaired) electrons. The summed E-state index contributed by atoms with van der Waals surface area (Å²) >= 11 is 1.79. The third kappa shape index (κ3) is 1.81. The Morgan fingerprint density at radius 2 is 2.31 bits per heavy atom. The minimum atomic E-state index is 0.985. The van der Waals surface area contributed by atoms with Crippen LogP contribution in [0.1, 0.15) is 23.2 Å². The molecule has 2 nitrogen and oxygen atoms in total. The van der Waals surface area contributed by atoms with Crippen LogP contribution in [0.3, 0.4) is 0 Å². The average Bonchev–Trinajstić information content (AvgIpc) is 2.53. The van der Waals surface area contributed by atoms with E-state index < -0.39 is 0 Å². The molecule has 1 aromatic rings. The van der Waals surface area contributed by atoms with E-state index in [0.29, 0.717) is 0 Å². The number of rotatable bonds is 1. The van der Waals surface area contributed by atoms with Crippen molar-refractivity contribution in [3.8, 4) is 0 Å². The molecule has 2 heterocycles. The second kappa shape index (κ2) is 3.60. The van der Waals surface area contributed by atoms with Crippen molar-refractivity contribution in [2.24, 2.45) is 0 Å². The molecule has 0 spiro atoms. The summed E-state index contributed by atoms with van der Waals surface area (Å²) in [5, 5.41) is 4.58. The molecule has 0 fully saturated rings. The van der Waals surface area contributed by atoms with Crippen LogP contribution in [0.5, 0.6) is 0 Å². The highest BCUT2D eigenvalue weighted by atomic mass is 32.1. The smallest absolute Gasteiger partial charge is 0.120 e. The second-order valence-electron chi connectivity index (χ2n) is 3.46. The van der Waals surface area contributed by atoms with Crippen molar-refractivity contribution in [3.63, 3.8) is 0 Å². The molecule has 2 rings (SSSR count). The SMILES string of the molecule is CC1=C(c2ncc(C)s2)CNCC1. The van der Waals surface area contributed by atoms with Crippen molar-refractivity contribution in [1.29, 1.82) is 0 Å². The number of aryl methyl sites for hydroxylation is 1. The van der Waals surface area contributed by atoms with Crippen molar-refractivity contribution < 1.29 is 0 Å². The van der Waals surface area contributed by atoms with Crippen molar-refractivity contribution >= 4 is 16.9 Å². The van der Waals surface area contributed by atoms with E-state index in [0.717, 1.165) is 19.5 Å². The summed E-state index contributed by atoms with van der Waals surface area (Å²) in [6.45, 7) is 6.42. The lowest BCUT2D eigenvalue weighted by molar-refractivity contribution is 0.715. The fourth-order valence-corrected chi connectivity index (χ4v) is 2.43. The molecule has 0 saturated carbocycles. The van der Waals surface area contributed by atoms with E-state index >= 15 is 0 Å². The van der Waals surface area contributed by atoms with Gasteiger partial charge in [0.15, 0.2) is 0 Å². The van der Waals surface area contributed by atoms with E-state index in [1.54, 1.807) is 11.3 Å². The molecule has 0 amide bonds. The molecule has 13 heavy (non-hydrogen) atoms. The zero-order chi connectivity index (χ0) is 9.26. The van der Waals surface area contributed by atoms with Crippen molar-refractivity contribution in [3.05, 3.63) is 21.7 Å². The zero-order valence-corrected chi connectivity index (χ0v) is 8.87. The van der Waals surface area contributed by atoms with Crippen LogP contribution in [0.15, 0.2) is 11.8 Å². The summed E-state index contributed by atoms with van der Waals surface area (Å²) in [5.74, 6) is 0. The molecule has 0 aliphatic carbocycles. The Hall–Kier alpha value is -0.670. The van der Waals surface area contributed by atoms with Gasteiger partial charge in [-0.05, 0) is 26.8 Å². The van der Waals surface area contributed by atoms with E-state index in [4.69, 9.17) is 0 Å².